The average molecular weight is 405 g/mol. The van der Waals surface area contributed by atoms with E-state index in [2.05, 4.69) is 26.8 Å². The summed E-state index contributed by atoms with van der Waals surface area (Å²) in [5.74, 6) is 2.32. The molecule has 0 atom stereocenters. The third kappa shape index (κ3) is 4.50. The maximum absolute atomic E-state index is 13.0. The van der Waals surface area contributed by atoms with Gasteiger partial charge in [-0.1, -0.05) is 37.3 Å². The molecule has 1 saturated heterocycles. The van der Waals surface area contributed by atoms with E-state index in [1.807, 2.05) is 43.3 Å². The Labute approximate surface area is 177 Å². The second-order valence-electron chi connectivity index (χ2n) is 7.88. The number of hydrogen-bond acceptors (Lipinski definition) is 5. The van der Waals surface area contributed by atoms with Gasteiger partial charge >= 0.3 is 0 Å². The minimum absolute atomic E-state index is 0.0839. The van der Waals surface area contributed by atoms with E-state index in [1.54, 1.807) is 28.3 Å². The number of carbonyl (C=O) groups excluding carboxylic acids is 1. The second-order valence-corrected chi connectivity index (χ2v) is 7.88. The highest BCUT2D eigenvalue weighted by Gasteiger charge is 2.20. The van der Waals surface area contributed by atoms with Crippen molar-refractivity contribution in [3.8, 4) is 5.82 Å². The second kappa shape index (κ2) is 9.07. The summed E-state index contributed by atoms with van der Waals surface area (Å²) in [6, 6.07) is 12.0. The Morgan fingerprint density at radius 3 is 2.57 bits per heavy atom. The number of aromatic nitrogens is 4. The van der Waals surface area contributed by atoms with Crippen molar-refractivity contribution in [2.24, 2.45) is 5.92 Å². The first-order valence-corrected chi connectivity index (χ1v) is 10.6. The van der Waals surface area contributed by atoms with Gasteiger partial charge in [0.1, 0.15) is 30.0 Å². The van der Waals surface area contributed by atoms with E-state index in [4.69, 9.17) is 0 Å². The molecular weight excluding hydrogens is 376 g/mol. The van der Waals surface area contributed by atoms with Crippen molar-refractivity contribution in [2.45, 2.75) is 33.2 Å². The third-order valence-electron chi connectivity index (χ3n) is 5.70. The van der Waals surface area contributed by atoms with Crippen molar-refractivity contribution >= 4 is 11.7 Å². The molecule has 4 rings (SSSR count). The number of anilines is 1. The molecule has 3 heterocycles. The summed E-state index contributed by atoms with van der Waals surface area (Å²) in [5, 5.41) is 0. The molecule has 1 aromatic carbocycles. The van der Waals surface area contributed by atoms with Gasteiger partial charge in [0.05, 0.1) is 0 Å². The van der Waals surface area contributed by atoms with Gasteiger partial charge in [0, 0.05) is 38.4 Å². The molecule has 2 aromatic heterocycles. The molecule has 0 saturated carbocycles. The van der Waals surface area contributed by atoms with Crippen LogP contribution >= 0.6 is 0 Å². The lowest BCUT2D eigenvalue weighted by atomic mass is 9.99. The summed E-state index contributed by atoms with van der Waals surface area (Å²) in [6.07, 6.45) is 7.33. The number of benzene rings is 1. The third-order valence-corrected chi connectivity index (χ3v) is 5.70. The lowest BCUT2D eigenvalue weighted by molar-refractivity contribution is 0.0747. The smallest absolute Gasteiger partial charge is 0.274 e. The fourth-order valence-electron chi connectivity index (χ4n) is 3.74. The lowest BCUT2D eigenvalue weighted by Crippen LogP contribution is -2.33. The van der Waals surface area contributed by atoms with Crippen LogP contribution in [0.25, 0.3) is 5.82 Å². The highest BCUT2D eigenvalue weighted by molar-refractivity contribution is 5.92. The Morgan fingerprint density at radius 2 is 1.83 bits per heavy atom. The van der Waals surface area contributed by atoms with Crippen molar-refractivity contribution in [2.75, 3.05) is 24.5 Å². The highest BCUT2D eigenvalue weighted by atomic mass is 16.2. The van der Waals surface area contributed by atoms with Crippen molar-refractivity contribution < 1.29 is 4.79 Å². The zero-order valence-corrected chi connectivity index (χ0v) is 17.6. The molecule has 0 radical (unpaired) electrons. The number of imidazole rings is 1. The lowest BCUT2D eigenvalue weighted by Gasteiger charge is -2.31. The van der Waals surface area contributed by atoms with E-state index >= 15 is 0 Å². The Morgan fingerprint density at radius 1 is 1.10 bits per heavy atom. The maximum atomic E-state index is 13.0. The summed E-state index contributed by atoms with van der Waals surface area (Å²) in [4.78, 5) is 30.3. The van der Waals surface area contributed by atoms with Gasteiger partial charge < -0.3 is 9.80 Å². The Hall–Kier alpha value is -3.22. The fourth-order valence-corrected chi connectivity index (χ4v) is 3.74. The van der Waals surface area contributed by atoms with E-state index < -0.39 is 0 Å². The number of rotatable bonds is 6. The summed E-state index contributed by atoms with van der Waals surface area (Å²) < 4.78 is 1.79. The van der Waals surface area contributed by atoms with Gasteiger partial charge in [-0.3, -0.25) is 9.36 Å². The zero-order chi connectivity index (χ0) is 20.9. The molecule has 0 spiro atoms. The molecule has 1 aliphatic rings. The van der Waals surface area contributed by atoms with Crippen LogP contribution in [-0.2, 0) is 6.54 Å². The highest BCUT2D eigenvalue weighted by Crippen LogP contribution is 2.22. The number of nitrogens with zero attached hydrogens (tertiary/aromatic N) is 6. The standard InChI is InChI=1S/C23H28N6O/c1-3-27(14-19-7-5-4-6-8-19)23(30)20-15-29(17-26-20)22-13-21(24-16-25-22)28-11-9-18(2)10-12-28/h4-8,13,15-18H,3,9-12,14H2,1-2H3. The molecular formula is C23H28N6O. The number of amides is 1. The Balaban J connectivity index is 1.49. The van der Waals surface area contributed by atoms with Crippen molar-refractivity contribution in [1.82, 2.24) is 24.4 Å². The SMILES string of the molecule is CCN(Cc1ccccc1)C(=O)c1cn(-c2cc(N3CCC(C)CC3)ncn2)cn1. The molecule has 7 nitrogen and oxygen atoms in total. The molecule has 0 unspecified atom stereocenters. The van der Waals surface area contributed by atoms with E-state index in [0.29, 0.717) is 18.8 Å². The van der Waals surface area contributed by atoms with Crippen molar-refractivity contribution in [1.29, 1.82) is 0 Å². The first kappa shape index (κ1) is 20.1. The number of hydrogen-bond donors (Lipinski definition) is 0. The Kier molecular flexibility index (Phi) is 6.07. The normalized spacial score (nSPS) is 14.7. The number of carbonyl (C=O) groups is 1. The van der Waals surface area contributed by atoms with Gasteiger partial charge in [-0.25, -0.2) is 15.0 Å². The van der Waals surface area contributed by atoms with Crippen LogP contribution in [0.5, 0.6) is 0 Å². The van der Waals surface area contributed by atoms with Crippen LogP contribution in [0, 0.1) is 5.92 Å². The molecule has 156 valence electrons. The van der Waals surface area contributed by atoms with Gasteiger partial charge in [0.15, 0.2) is 0 Å². The number of piperidine rings is 1. The van der Waals surface area contributed by atoms with Crippen LogP contribution in [-0.4, -0.2) is 50.0 Å². The minimum atomic E-state index is -0.0839. The molecule has 3 aromatic rings. The van der Waals surface area contributed by atoms with Crippen LogP contribution in [0.4, 0.5) is 5.82 Å². The van der Waals surface area contributed by atoms with Crippen LogP contribution < -0.4 is 4.90 Å². The van der Waals surface area contributed by atoms with Gasteiger partial charge in [0.2, 0.25) is 0 Å². The topological polar surface area (TPSA) is 67.2 Å². The summed E-state index contributed by atoms with van der Waals surface area (Å²) >= 11 is 0. The van der Waals surface area contributed by atoms with Gasteiger partial charge in [-0.05, 0) is 31.2 Å². The maximum Gasteiger partial charge on any atom is 0.274 e. The predicted octanol–water partition coefficient (Wildman–Crippen LogP) is 3.56. The molecule has 30 heavy (non-hydrogen) atoms. The molecule has 0 bridgehead atoms. The zero-order valence-electron chi connectivity index (χ0n) is 17.6. The summed E-state index contributed by atoms with van der Waals surface area (Å²) in [5.41, 5.74) is 1.52. The van der Waals surface area contributed by atoms with E-state index in [9.17, 15) is 4.79 Å². The largest absolute Gasteiger partial charge is 0.356 e. The van der Waals surface area contributed by atoms with Gasteiger partial charge in [-0.15, -0.1) is 0 Å². The van der Waals surface area contributed by atoms with Crippen LogP contribution in [0.2, 0.25) is 0 Å². The summed E-state index contributed by atoms with van der Waals surface area (Å²) in [6.45, 7) is 7.48. The van der Waals surface area contributed by atoms with E-state index in [1.165, 1.54) is 12.8 Å². The Bertz CT molecular complexity index is 978. The average Bonchev–Trinajstić information content (AvgIpc) is 3.29. The first-order chi connectivity index (χ1) is 14.6. The molecule has 0 N–H and O–H groups in total. The van der Waals surface area contributed by atoms with E-state index in [-0.39, 0.29) is 5.91 Å². The van der Waals surface area contributed by atoms with Crippen molar-refractivity contribution in [3.63, 3.8) is 0 Å². The van der Waals surface area contributed by atoms with E-state index in [0.717, 1.165) is 36.2 Å². The first-order valence-electron chi connectivity index (χ1n) is 10.6. The molecule has 7 heteroatoms. The van der Waals surface area contributed by atoms with Crippen LogP contribution in [0.15, 0.2) is 55.2 Å². The minimum Gasteiger partial charge on any atom is -0.356 e. The van der Waals surface area contributed by atoms with Crippen LogP contribution in [0.1, 0.15) is 42.7 Å². The van der Waals surface area contributed by atoms with Crippen LogP contribution in [0.3, 0.4) is 0 Å². The molecule has 1 fully saturated rings. The fraction of sp³-hybridized carbons (Fsp3) is 0.391. The molecule has 1 aliphatic heterocycles. The van der Waals surface area contributed by atoms with Gasteiger partial charge in [-0.2, -0.15) is 0 Å². The van der Waals surface area contributed by atoms with Gasteiger partial charge in [0.25, 0.3) is 5.91 Å². The predicted molar refractivity (Wildman–Crippen MR) is 117 cm³/mol. The quantitative estimate of drug-likeness (QED) is 0.628. The monoisotopic (exact) mass is 404 g/mol. The van der Waals surface area contributed by atoms with Crippen molar-refractivity contribution in [3.05, 3.63) is 66.5 Å². The summed E-state index contributed by atoms with van der Waals surface area (Å²) in [7, 11) is 0. The molecule has 1 amide bonds. The molecule has 0 aliphatic carbocycles.